The van der Waals surface area contributed by atoms with Crippen LogP contribution in [0, 0.1) is 17.8 Å². The molecule has 0 radical (unpaired) electrons. The molecule has 0 aromatic carbocycles. The molecule has 0 aromatic rings. The minimum Gasteiger partial charge on any atom is -0.379 e. The smallest absolute Gasteiger partial charge is 0.241 e. The Balaban J connectivity index is 1.49. The van der Waals surface area contributed by atoms with Crippen molar-refractivity contribution in [1.82, 2.24) is 20.5 Å². The van der Waals surface area contributed by atoms with Crippen LogP contribution in [0.5, 0.6) is 0 Å². The molecule has 180 valence electrons. The Labute approximate surface area is 190 Å². The summed E-state index contributed by atoms with van der Waals surface area (Å²) in [6.07, 6.45) is 2.76. The van der Waals surface area contributed by atoms with E-state index < -0.39 is 33.4 Å². The van der Waals surface area contributed by atoms with Crippen LogP contribution in [0.3, 0.4) is 0 Å². The summed E-state index contributed by atoms with van der Waals surface area (Å²) in [5, 5.41) is 2.61. The minimum absolute atomic E-state index is 0.0248. The number of rotatable bonds is 8. The van der Waals surface area contributed by atoms with Gasteiger partial charge in [0.25, 0.3) is 0 Å². The van der Waals surface area contributed by atoms with Gasteiger partial charge in [0.15, 0.2) is 0 Å². The van der Waals surface area contributed by atoms with Gasteiger partial charge in [-0.3, -0.25) is 20.4 Å². The molecule has 8 nitrogen and oxygen atoms in total. The molecule has 3 rings (SSSR count). The topological polar surface area (TPSA) is 99.8 Å². The van der Waals surface area contributed by atoms with E-state index in [1.807, 2.05) is 14.0 Å². The first kappa shape index (κ1) is 25.1. The molecule has 1 amide bonds. The van der Waals surface area contributed by atoms with Crippen LogP contribution < -0.4 is 15.6 Å². The summed E-state index contributed by atoms with van der Waals surface area (Å²) >= 11 is 6.22. The van der Waals surface area contributed by atoms with Crippen molar-refractivity contribution >= 4 is 27.5 Å². The standard InChI is InChI=1S/C20H36ClFN4O4S/c1-3-30-15-6-4-13(5-7-15)11-31(28,29)25-24-20(27)16-8-14(9-17(21)19(16)22)18-10-26(2)12-23-18/h13-19,23,25H,3-12H2,1-2H3,(H,24,27). The highest BCUT2D eigenvalue weighted by Gasteiger charge is 2.44. The first-order chi connectivity index (χ1) is 14.7. The molecule has 0 aromatic heterocycles. The molecule has 0 bridgehead atoms. The monoisotopic (exact) mass is 482 g/mol. The number of hydrogen-bond donors (Lipinski definition) is 3. The molecule has 1 saturated heterocycles. The molecule has 3 aliphatic rings. The van der Waals surface area contributed by atoms with Gasteiger partial charge >= 0.3 is 0 Å². The first-order valence-corrected chi connectivity index (χ1v) is 13.4. The van der Waals surface area contributed by atoms with Crippen molar-refractivity contribution in [1.29, 1.82) is 0 Å². The van der Waals surface area contributed by atoms with Crippen molar-refractivity contribution in [3.05, 3.63) is 0 Å². The van der Waals surface area contributed by atoms with E-state index in [9.17, 15) is 17.6 Å². The molecular formula is C20H36ClFN4O4S. The number of halogens is 2. The fourth-order valence-electron chi connectivity index (χ4n) is 5.13. The van der Waals surface area contributed by atoms with Crippen molar-refractivity contribution in [2.45, 2.75) is 69.1 Å². The molecule has 5 unspecified atom stereocenters. The second-order valence-electron chi connectivity index (χ2n) is 9.28. The van der Waals surface area contributed by atoms with Gasteiger partial charge in [-0.05, 0) is 64.3 Å². The van der Waals surface area contributed by atoms with E-state index in [0.717, 1.165) is 38.9 Å². The average Bonchev–Trinajstić information content (AvgIpc) is 3.16. The van der Waals surface area contributed by atoms with Crippen molar-refractivity contribution in [2.75, 3.05) is 32.6 Å². The van der Waals surface area contributed by atoms with E-state index in [2.05, 4.69) is 20.5 Å². The molecule has 1 aliphatic heterocycles. The third-order valence-electron chi connectivity index (χ3n) is 6.83. The summed E-state index contributed by atoms with van der Waals surface area (Å²) in [5.74, 6) is -1.60. The van der Waals surface area contributed by atoms with Gasteiger partial charge in [-0.1, -0.05) is 0 Å². The maximum absolute atomic E-state index is 14.7. The Morgan fingerprint density at radius 3 is 2.58 bits per heavy atom. The average molecular weight is 483 g/mol. The third kappa shape index (κ3) is 6.98. The zero-order valence-electron chi connectivity index (χ0n) is 18.4. The van der Waals surface area contributed by atoms with E-state index >= 15 is 0 Å². The van der Waals surface area contributed by atoms with E-state index in [1.54, 1.807) is 0 Å². The molecule has 3 N–H and O–H groups in total. The lowest BCUT2D eigenvalue weighted by molar-refractivity contribution is -0.129. The summed E-state index contributed by atoms with van der Waals surface area (Å²) < 4.78 is 45.2. The lowest BCUT2D eigenvalue weighted by atomic mass is 9.76. The quantitative estimate of drug-likeness (QED) is 0.357. The van der Waals surface area contributed by atoms with Crippen LogP contribution >= 0.6 is 11.6 Å². The normalized spacial score (nSPS) is 37.6. The number of sulfonamides is 1. The van der Waals surface area contributed by atoms with Gasteiger partial charge in [-0.15, -0.1) is 16.4 Å². The number of amides is 1. The molecule has 31 heavy (non-hydrogen) atoms. The maximum atomic E-state index is 14.7. The minimum atomic E-state index is -3.71. The van der Waals surface area contributed by atoms with E-state index in [4.69, 9.17) is 16.3 Å². The predicted octanol–water partition coefficient (Wildman–Crippen LogP) is 1.37. The number of alkyl halides is 2. The van der Waals surface area contributed by atoms with Gasteiger partial charge in [0.1, 0.15) is 6.17 Å². The Morgan fingerprint density at radius 2 is 1.97 bits per heavy atom. The molecule has 0 spiro atoms. The lowest BCUT2D eigenvalue weighted by Gasteiger charge is -2.37. The molecular weight excluding hydrogens is 447 g/mol. The number of hydrazine groups is 1. The first-order valence-electron chi connectivity index (χ1n) is 11.3. The van der Waals surface area contributed by atoms with Crippen molar-refractivity contribution in [3.63, 3.8) is 0 Å². The fraction of sp³-hybridized carbons (Fsp3) is 0.950. The largest absolute Gasteiger partial charge is 0.379 e. The highest BCUT2D eigenvalue weighted by molar-refractivity contribution is 7.89. The zero-order valence-corrected chi connectivity index (χ0v) is 19.9. The van der Waals surface area contributed by atoms with Crippen LogP contribution in [0.4, 0.5) is 4.39 Å². The number of likely N-dealkylation sites (N-methyl/N-ethyl adjacent to an activating group) is 1. The predicted molar refractivity (Wildman–Crippen MR) is 118 cm³/mol. The lowest BCUT2D eigenvalue weighted by Crippen LogP contribution is -2.52. The second kappa shape index (κ2) is 11.1. The Bertz CT molecular complexity index is 707. The highest BCUT2D eigenvalue weighted by atomic mass is 35.5. The number of hydrogen-bond acceptors (Lipinski definition) is 6. The number of nitrogens with one attached hydrogen (secondary N) is 3. The Kier molecular flexibility index (Phi) is 8.97. The summed E-state index contributed by atoms with van der Waals surface area (Å²) in [4.78, 5) is 16.9. The van der Waals surface area contributed by atoms with Gasteiger partial charge < -0.3 is 4.74 Å². The molecule has 2 saturated carbocycles. The third-order valence-corrected chi connectivity index (χ3v) is 8.58. The molecule has 2 aliphatic carbocycles. The summed E-state index contributed by atoms with van der Waals surface area (Å²) in [6.45, 7) is 4.18. The van der Waals surface area contributed by atoms with Crippen LogP contribution in [0.15, 0.2) is 0 Å². The Hall–Kier alpha value is -0.520. The second-order valence-corrected chi connectivity index (χ2v) is 11.6. The van der Waals surface area contributed by atoms with Gasteiger partial charge in [0.05, 0.1) is 23.2 Å². The SMILES string of the molecule is CCOC1CCC(CS(=O)(=O)NNC(=O)C2CC(C3CN(C)CN3)CC(Cl)C2F)CC1. The van der Waals surface area contributed by atoms with Crippen molar-refractivity contribution in [2.24, 2.45) is 17.8 Å². The van der Waals surface area contributed by atoms with Crippen LogP contribution in [0.1, 0.15) is 45.4 Å². The molecule has 3 fully saturated rings. The van der Waals surface area contributed by atoms with Crippen molar-refractivity contribution in [3.8, 4) is 0 Å². The number of carbonyl (C=O) groups is 1. The number of ether oxygens (including phenoxy) is 1. The van der Waals surface area contributed by atoms with Crippen LogP contribution in [0.25, 0.3) is 0 Å². The number of carbonyl (C=O) groups excluding carboxylic acids is 1. The van der Waals surface area contributed by atoms with Crippen LogP contribution in [0.2, 0.25) is 0 Å². The molecule has 11 heteroatoms. The Morgan fingerprint density at radius 1 is 1.26 bits per heavy atom. The zero-order chi connectivity index (χ0) is 22.6. The fourth-order valence-corrected chi connectivity index (χ4v) is 6.83. The van der Waals surface area contributed by atoms with E-state index in [0.29, 0.717) is 19.4 Å². The van der Waals surface area contributed by atoms with Gasteiger partial charge in [0, 0.05) is 25.9 Å². The van der Waals surface area contributed by atoms with Crippen LogP contribution in [-0.2, 0) is 19.6 Å². The van der Waals surface area contributed by atoms with Crippen molar-refractivity contribution < 1.29 is 22.3 Å². The van der Waals surface area contributed by atoms with E-state index in [1.165, 1.54) is 0 Å². The summed E-state index contributed by atoms with van der Waals surface area (Å²) in [6, 6.07) is 0.151. The van der Waals surface area contributed by atoms with Gasteiger partial charge in [-0.25, -0.2) is 12.8 Å². The van der Waals surface area contributed by atoms with Crippen LogP contribution in [-0.4, -0.2) is 75.5 Å². The number of nitrogens with zero attached hydrogens (tertiary/aromatic N) is 1. The van der Waals surface area contributed by atoms with Gasteiger partial charge in [0.2, 0.25) is 15.9 Å². The highest BCUT2D eigenvalue weighted by Crippen LogP contribution is 2.37. The summed E-state index contributed by atoms with van der Waals surface area (Å²) in [5.41, 5.74) is 2.25. The molecule has 1 heterocycles. The van der Waals surface area contributed by atoms with E-state index in [-0.39, 0.29) is 29.7 Å². The maximum Gasteiger partial charge on any atom is 0.241 e. The summed E-state index contributed by atoms with van der Waals surface area (Å²) in [7, 11) is -1.72. The van der Waals surface area contributed by atoms with Gasteiger partial charge in [-0.2, -0.15) is 0 Å². The molecule has 5 atom stereocenters.